The number of carbonyl (C=O) groups excluding carboxylic acids is 1. The van der Waals surface area contributed by atoms with Gasteiger partial charge >= 0.3 is 0 Å². The van der Waals surface area contributed by atoms with Crippen molar-refractivity contribution in [2.45, 2.75) is 37.3 Å². The largest absolute Gasteiger partial charge is 0.368 e. The molecule has 0 spiro atoms. The average Bonchev–Trinajstić information content (AvgIpc) is 2.68. The second-order valence-corrected chi connectivity index (χ2v) is 8.76. The molecule has 1 aliphatic heterocycles. The summed E-state index contributed by atoms with van der Waals surface area (Å²) in [5.74, 6) is -0.458. The summed E-state index contributed by atoms with van der Waals surface area (Å²) in [7, 11) is 2.06. The summed E-state index contributed by atoms with van der Waals surface area (Å²) >= 11 is 12.8. The minimum absolute atomic E-state index is 0.0704. The molecule has 0 aliphatic carbocycles. The van der Waals surface area contributed by atoms with E-state index in [1.165, 1.54) is 0 Å². The first-order valence-corrected chi connectivity index (χ1v) is 10.6. The first kappa shape index (κ1) is 22.1. The van der Waals surface area contributed by atoms with Gasteiger partial charge in [0.1, 0.15) is 5.54 Å². The highest BCUT2D eigenvalue weighted by atomic mass is 35.5. The minimum atomic E-state index is -1.22. The number of carbonyl (C=O) groups is 1. The van der Waals surface area contributed by atoms with Gasteiger partial charge < -0.3 is 22.1 Å². The van der Waals surface area contributed by atoms with Crippen LogP contribution in [0.5, 0.6) is 0 Å². The maximum atomic E-state index is 12.3. The number of hydrogen-bond acceptors (Lipinski definition) is 4. The lowest BCUT2D eigenvalue weighted by atomic mass is 9.80. The predicted octanol–water partition coefficient (Wildman–Crippen LogP) is 3.34. The molecule has 2 unspecified atom stereocenters. The van der Waals surface area contributed by atoms with Gasteiger partial charge in [-0.3, -0.25) is 4.79 Å². The molecule has 1 aliphatic rings. The molecule has 0 saturated heterocycles. The zero-order chi connectivity index (χ0) is 21.2. The summed E-state index contributed by atoms with van der Waals surface area (Å²) in [6.45, 7) is 2.14. The molecule has 2 aromatic rings. The predicted molar refractivity (Wildman–Crippen MR) is 119 cm³/mol. The van der Waals surface area contributed by atoms with E-state index < -0.39 is 11.4 Å². The number of likely N-dealkylation sites (N-methyl/N-ethyl adjacent to an activating group) is 1. The lowest BCUT2D eigenvalue weighted by Crippen LogP contribution is -2.49. The average molecular weight is 435 g/mol. The number of nitrogens with two attached hydrogens (primary N) is 3. The third-order valence-electron chi connectivity index (χ3n) is 5.76. The topological polar surface area (TPSA) is 98.4 Å². The molecular weight excluding hydrogens is 407 g/mol. The van der Waals surface area contributed by atoms with Crippen LogP contribution >= 0.6 is 23.2 Å². The Morgan fingerprint density at radius 1 is 1.24 bits per heavy atom. The Balaban J connectivity index is 2.03. The first-order chi connectivity index (χ1) is 13.8. The van der Waals surface area contributed by atoms with Crippen molar-refractivity contribution in [1.29, 1.82) is 0 Å². The summed E-state index contributed by atoms with van der Waals surface area (Å²) in [6.07, 6.45) is 1.99. The Morgan fingerprint density at radius 2 is 2.00 bits per heavy atom. The van der Waals surface area contributed by atoms with Gasteiger partial charge in [-0.2, -0.15) is 0 Å². The van der Waals surface area contributed by atoms with Crippen LogP contribution in [0.15, 0.2) is 36.4 Å². The van der Waals surface area contributed by atoms with Crippen LogP contribution in [-0.4, -0.2) is 30.9 Å². The molecule has 0 bridgehead atoms. The summed E-state index contributed by atoms with van der Waals surface area (Å²) in [5.41, 5.74) is 20.6. The van der Waals surface area contributed by atoms with Gasteiger partial charge in [-0.05, 0) is 67.2 Å². The molecule has 156 valence electrons. The zero-order valence-corrected chi connectivity index (χ0v) is 18.1. The fourth-order valence-electron chi connectivity index (χ4n) is 4.12. The molecule has 1 amide bonds. The van der Waals surface area contributed by atoms with Crippen molar-refractivity contribution in [2.24, 2.45) is 17.2 Å². The van der Waals surface area contributed by atoms with Crippen LogP contribution in [0.25, 0.3) is 0 Å². The van der Waals surface area contributed by atoms with E-state index in [2.05, 4.69) is 11.9 Å². The molecule has 0 aromatic heterocycles. The molecule has 3 rings (SSSR count). The summed E-state index contributed by atoms with van der Waals surface area (Å²) in [5, 5.41) is 1.29. The Bertz CT molecular complexity index is 904. The molecule has 0 fully saturated rings. The molecule has 6 N–H and O–H groups in total. The monoisotopic (exact) mass is 434 g/mol. The lowest BCUT2D eigenvalue weighted by molar-refractivity contribution is -0.123. The van der Waals surface area contributed by atoms with Gasteiger partial charge in [0.05, 0.1) is 0 Å². The fraction of sp³-hybridized carbons (Fsp3) is 0.409. The van der Waals surface area contributed by atoms with Crippen molar-refractivity contribution < 1.29 is 4.79 Å². The van der Waals surface area contributed by atoms with Gasteiger partial charge in [0.2, 0.25) is 5.91 Å². The number of rotatable bonds is 7. The number of halogens is 2. The van der Waals surface area contributed by atoms with Crippen LogP contribution in [0.4, 0.5) is 0 Å². The maximum Gasteiger partial charge on any atom is 0.242 e. The molecule has 7 heteroatoms. The zero-order valence-electron chi connectivity index (χ0n) is 16.6. The van der Waals surface area contributed by atoms with Gasteiger partial charge in [0.15, 0.2) is 0 Å². The second kappa shape index (κ2) is 9.02. The Labute approximate surface area is 182 Å². The summed E-state index contributed by atoms with van der Waals surface area (Å²) in [4.78, 5) is 14.5. The number of primary amides is 1. The van der Waals surface area contributed by atoms with Crippen LogP contribution in [0.1, 0.15) is 47.4 Å². The number of nitrogens with zero attached hydrogens (tertiary/aromatic N) is 1. The van der Waals surface area contributed by atoms with Crippen molar-refractivity contribution >= 4 is 29.1 Å². The summed E-state index contributed by atoms with van der Waals surface area (Å²) < 4.78 is 0. The molecule has 2 aromatic carbocycles. The van der Waals surface area contributed by atoms with Crippen LogP contribution < -0.4 is 17.2 Å². The molecule has 29 heavy (non-hydrogen) atoms. The highest BCUT2D eigenvalue weighted by molar-refractivity contribution is 6.35. The molecule has 5 nitrogen and oxygen atoms in total. The van der Waals surface area contributed by atoms with Gasteiger partial charge in [0, 0.05) is 29.1 Å². The smallest absolute Gasteiger partial charge is 0.242 e. The van der Waals surface area contributed by atoms with Gasteiger partial charge in [-0.1, -0.05) is 47.5 Å². The van der Waals surface area contributed by atoms with Crippen LogP contribution in [0.3, 0.4) is 0 Å². The van der Waals surface area contributed by atoms with E-state index in [-0.39, 0.29) is 5.92 Å². The second-order valence-electron chi connectivity index (χ2n) is 7.91. The molecule has 0 saturated carbocycles. The van der Waals surface area contributed by atoms with Crippen molar-refractivity contribution in [3.8, 4) is 0 Å². The Kier molecular flexibility index (Phi) is 6.87. The Hall–Kier alpha value is -1.63. The van der Waals surface area contributed by atoms with Gasteiger partial charge in [-0.15, -0.1) is 0 Å². The number of hydrogen-bond donors (Lipinski definition) is 3. The number of fused-ring (bicyclic) bond motifs is 1. The van der Waals surface area contributed by atoms with Crippen molar-refractivity contribution in [3.63, 3.8) is 0 Å². The van der Waals surface area contributed by atoms with Crippen molar-refractivity contribution in [2.75, 3.05) is 20.1 Å². The van der Waals surface area contributed by atoms with Crippen molar-refractivity contribution in [3.05, 3.63) is 68.7 Å². The highest BCUT2D eigenvalue weighted by Gasteiger charge is 2.35. The fourth-order valence-corrected chi connectivity index (χ4v) is 4.69. The minimum Gasteiger partial charge on any atom is -0.368 e. The summed E-state index contributed by atoms with van der Waals surface area (Å²) in [6, 6.07) is 11.6. The van der Waals surface area contributed by atoms with E-state index >= 15 is 0 Å². The van der Waals surface area contributed by atoms with E-state index in [0.29, 0.717) is 23.0 Å². The van der Waals surface area contributed by atoms with E-state index in [1.54, 1.807) is 6.07 Å². The number of unbranched alkanes of at least 4 members (excludes halogenated alkanes) is 1. The first-order valence-electron chi connectivity index (χ1n) is 9.82. The lowest BCUT2D eigenvalue weighted by Gasteiger charge is -2.34. The van der Waals surface area contributed by atoms with E-state index in [1.807, 2.05) is 30.3 Å². The van der Waals surface area contributed by atoms with Crippen LogP contribution in [-0.2, 0) is 16.9 Å². The molecule has 2 atom stereocenters. The molecule has 0 radical (unpaired) electrons. The molecule has 1 heterocycles. The van der Waals surface area contributed by atoms with Crippen molar-refractivity contribution in [1.82, 2.24) is 4.90 Å². The van der Waals surface area contributed by atoms with Crippen LogP contribution in [0.2, 0.25) is 10.0 Å². The van der Waals surface area contributed by atoms with Gasteiger partial charge in [0.25, 0.3) is 0 Å². The SMILES string of the molecule is CN1Cc2c(Cl)cc(Cl)cc2C(c2cccc(C(N)(CCCCN)C(N)=O)c2)C1. The standard InChI is InChI=1S/C22H28Cl2N4O/c1-28-12-18(17-10-16(23)11-20(24)19(17)13-28)14-5-4-6-15(9-14)22(27,21(26)29)7-2-3-8-25/h4-6,9-11,18H,2-3,7-8,12-13,25,27H2,1H3,(H2,26,29). The number of benzene rings is 2. The third kappa shape index (κ3) is 4.60. The maximum absolute atomic E-state index is 12.3. The van der Waals surface area contributed by atoms with Crippen LogP contribution in [0, 0.1) is 0 Å². The highest BCUT2D eigenvalue weighted by Crippen LogP contribution is 2.39. The third-order valence-corrected chi connectivity index (χ3v) is 6.32. The van der Waals surface area contributed by atoms with E-state index in [4.69, 9.17) is 40.4 Å². The Morgan fingerprint density at radius 3 is 2.69 bits per heavy atom. The number of amides is 1. The molecular formula is C22H28Cl2N4O. The van der Waals surface area contributed by atoms with Gasteiger partial charge in [-0.25, -0.2) is 0 Å². The van der Waals surface area contributed by atoms with E-state index in [9.17, 15) is 4.79 Å². The van der Waals surface area contributed by atoms with E-state index in [0.717, 1.165) is 48.2 Å². The normalized spacial score (nSPS) is 18.9. The quantitative estimate of drug-likeness (QED) is 0.581.